The van der Waals surface area contributed by atoms with Gasteiger partial charge in [0, 0.05) is 0 Å². The van der Waals surface area contributed by atoms with E-state index >= 15 is 0 Å². The Balaban J connectivity index is 2.82. The first-order valence-electron chi connectivity index (χ1n) is 4.93. The third-order valence-electron chi connectivity index (χ3n) is 2.03. The van der Waals surface area contributed by atoms with Crippen molar-refractivity contribution in [1.82, 2.24) is 0 Å². The lowest BCUT2D eigenvalue weighted by Gasteiger charge is -2.10. The number of aromatic carboxylic acids is 1. The van der Waals surface area contributed by atoms with Crippen molar-refractivity contribution < 1.29 is 29.3 Å². The zero-order valence-corrected chi connectivity index (χ0v) is 9.20. The second-order valence-corrected chi connectivity index (χ2v) is 3.43. The zero-order valence-electron chi connectivity index (χ0n) is 9.20. The van der Waals surface area contributed by atoms with Crippen molar-refractivity contribution >= 4 is 17.9 Å². The Morgan fingerprint density at radius 1 is 1.22 bits per heavy atom. The summed E-state index contributed by atoms with van der Waals surface area (Å²) in [5, 5.41) is 17.3. The number of aliphatic carboxylic acids is 1. The Morgan fingerprint density at radius 3 is 2.39 bits per heavy atom. The van der Waals surface area contributed by atoms with E-state index in [-0.39, 0.29) is 11.3 Å². The maximum Gasteiger partial charge on any atom is 0.339 e. The van der Waals surface area contributed by atoms with E-state index in [1.807, 2.05) is 0 Å². The first kappa shape index (κ1) is 13.7. The standard InChI is InChI=1S/C11H11NO6/c12-7(5-9(13)14)11(17)18-8-4-2-1-3-6(8)10(15)16/h1-4,7H,5,12H2,(H,13,14)(H,15,16)/t7-/m0/s1. The van der Waals surface area contributed by atoms with Crippen LogP contribution in [0.15, 0.2) is 24.3 Å². The molecule has 0 heterocycles. The molecular weight excluding hydrogens is 242 g/mol. The number of esters is 1. The third kappa shape index (κ3) is 3.56. The molecule has 1 aromatic carbocycles. The first-order valence-corrected chi connectivity index (χ1v) is 4.93. The fourth-order valence-corrected chi connectivity index (χ4v) is 1.19. The van der Waals surface area contributed by atoms with Gasteiger partial charge in [0.2, 0.25) is 0 Å². The van der Waals surface area contributed by atoms with E-state index in [0.29, 0.717) is 0 Å². The lowest BCUT2D eigenvalue weighted by molar-refractivity contribution is -0.143. The number of carbonyl (C=O) groups is 3. The number of carboxylic acids is 2. The molecule has 4 N–H and O–H groups in total. The minimum atomic E-state index is -1.34. The molecule has 0 aliphatic rings. The highest BCUT2D eigenvalue weighted by molar-refractivity contribution is 5.92. The predicted molar refractivity (Wildman–Crippen MR) is 59.3 cm³/mol. The van der Waals surface area contributed by atoms with Gasteiger partial charge in [0.1, 0.15) is 17.4 Å². The topological polar surface area (TPSA) is 127 Å². The van der Waals surface area contributed by atoms with Crippen molar-refractivity contribution in [2.24, 2.45) is 5.73 Å². The molecule has 0 bridgehead atoms. The molecule has 7 nitrogen and oxygen atoms in total. The van der Waals surface area contributed by atoms with Crippen LogP contribution in [0.25, 0.3) is 0 Å². The molecule has 0 aliphatic carbocycles. The van der Waals surface area contributed by atoms with Crippen LogP contribution in [0.2, 0.25) is 0 Å². The highest BCUT2D eigenvalue weighted by Crippen LogP contribution is 2.18. The lowest BCUT2D eigenvalue weighted by Crippen LogP contribution is -2.36. The Kier molecular flexibility index (Phi) is 4.39. The largest absolute Gasteiger partial charge is 0.481 e. The molecule has 0 spiro atoms. The fraction of sp³-hybridized carbons (Fsp3) is 0.182. The van der Waals surface area contributed by atoms with Crippen LogP contribution in [0.5, 0.6) is 5.75 Å². The molecule has 18 heavy (non-hydrogen) atoms. The Labute approximate surface area is 102 Å². The third-order valence-corrected chi connectivity index (χ3v) is 2.03. The van der Waals surface area contributed by atoms with Gasteiger partial charge in [0.25, 0.3) is 0 Å². The highest BCUT2D eigenvalue weighted by atomic mass is 16.5. The molecule has 7 heteroatoms. The van der Waals surface area contributed by atoms with Crippen molar-refractivity contribution in [3.8, 4) is 5.75 Å². The second kappa shape index (κ2) is 5.78. The van der Waals surface area contributed by atoms with Crippen molar-refractivity contribution in [3.63, 3.8) is 0 Å². The molecular formula is C11H11NO6. The monoisotopic (exact) mass is 253 g/mol. The smallest absolute Gasteiger partial charge is 0.339 e. The van der Waals surface area contributed by atoms with E-state index in [1.54, 1.807) is 0 Å². The number of nitrogens with two attached hydrogens (primary N) is 1. The molecule has 1 aromatic rings. The molecule has 0 aliphatic heterocycles. The van der Waals surface area contributed by atoms with Crippen LogP contribution in [-0.2, 0) is 9.59 Å². The van der Waals surface area contributed by atoms with Crippen LogP contribution in [0.3, 0.4) is 0 Å². The fourth-order valence-electron chi connectivity index (χ4n) is 1.19. The molecule has 0 unspecified atom stereocenters. The second-order valence-electron chi connectivity index (χ2n) is 3.43. The molecule has 0 amide bonds. The normalized spacial score (nSPS) is 11.6. The Hall–Kier alpha value is -2.41. The average molecular weight is 253 g/mol. The number of carboxylic acid groups (broad SMARTS) is 2. The Bertz CT molecular complexity index is 484. The summed E-state index contributed by atoms with van der Waals surface area (Å²) < 4.78 is 4.76. The van der Waals surface area contributed by atoms with Gasteiger partial charge in [-0.15, -0.1) is 0 Å². The first-order chi connectivity index (χ1) is 8.41. The number of hydrogen-bond acceptors (Lipinski definition) is 5. The molecule has 1 rings (SSSR count). The van der Waals surface area contributed by atoms with Crippen LogP contribution in [0.1, 0.15) is 16.8 Å². The van der Waals surface area contributed by atoms with Crippen LogP contribution in [0, 0.1) is 0 Å². The molecule has 96 valence electrons. The van der Waals surface area contributed by atoms with E-state index in [9.17, 15) is 14.4 Å². The highest BCUT2D eigenvalue weighted by Gasteiger charge is 2.21. The molecule has 1 atom stereocenters. The minimum absolute atomic E-state index is 0.171. The number of carbonyl (C=O) groups excluding carboxylic acids is 1. The van der Waals surface area contributed by atoms with Gasteiger partial charge in [-0.25, -0.2) is 9.59 Å². The van der Waals surface area contributed by atoms with Gasteiger partial charge in [-0.3, -0.25) is 4.79 Å². The number of para-hydroxylation sites is 1. The van der Waals surface area contributed by atoms with Gasteiger partial charge >= 0.3 is 17.9 Å². The van der Waals surface area contributed by atoms with Crippen molar-refractivity contribution in [2.45, 2.75) is 12.5 Å². The maximum absolute atomic E-state index is 11.4. The summed E-state index contributed by atoms with van der Waals surface area (Å²) in [7, 11) is 0. The van der Waals surface area contributed by atoms with E-state index in [0.717, 1.165) is 0 Å². The van der Waals surface area contributed by atoms with E-state index < -0.39 is 30.4 Å². The number of rotatable bonds is 5. The summed E-state index contributed by atoms with van der Waals surface area (Å²) in [6, 6.07) is 4.16. The molecule has 0 aromatic heterocycles. The van der Waals surface area contributed by atoms with Crippen molar-refractivity contribution in [1.29, 1.82) is 0 Å². The molecule has 0 fully saturated rings. The summed E-state index contributed by atoms with van der Waals surface area (Å²) in [4.78, 5) is 32.6. The lowest BCUT2D eigenvalue weighted by atomic mass is 10.2. The Morgan fingerprint density at radius 2 is 1.83 bits per heavy atom. The molecule has 0 saturated carbocycles. The van der Waals surface area contributed by atoms with E-state index in [2.05, 4.69) is 0 Å². The molecule has 0 saturated heterocycles. The number of hydrogen-bond donors (Lipinski definition) is 3. The predicted octanol–water partition coefficient (Wildman–Crippen LogP) is 0.0922. The average Bonchev–Trinajstić information content (AvgIpc) is 2.28. The van der Waals surface area contributed by atoms with E-state index in [4.69, 9.17) is 20.7 Å². The minimum Gasteiger partial charge on any atom is -0.481 e. The summed E-state index contributed by atoms with van der Waals surface area (Å²) in [5.74, 6) is -3.67. The van der Waals surface area contributed by atoms with Crippen LogP contribution in [0.4, 0.5) is 0 Å². The van der Waals surface area contributed by atoms with Gasteiger partial charge < -0.3 is 20.7 Å². The van der Waals surface area contributed by atoms with Gasteiger partial charge in [0.15, 0.2) is 0 Å². The van der Waals surface area contributed by atoms with Gasteiger partial charge in [0.05, 0.1) is 6.42 Å². The van der Waals surface area contributed by atoms with Gasteiger partial charge in [-0.05, 0) is 12.1 Å². The van der Waals surface area contributed by atoms with Crippen molar-refractivity contribution in [2.75, 3.05) is 0 Å². The quantitative estimate of drug-likeness (QED) is 0.501. The van der Waals surface area contributed by atoms with Gasteiger partial charge in [-0.2, -0.15) is 0 Å². The maximum atomic E-state index is 11.4. The van der Waals surface area contributed by atoms with Crippen LogP contribution < -0.4 is 10.5 Å². The summed E-state index contributed by atoms with van der Waals surface area (Å²) in [6.45, 7) is 0. The number of benzene rings is 1. The number of ether oxygens (including phenoxy) is 1. The zero-order chi connectivity index (χ0) is 13.7. The summed E-state index contributed by atoms with van der Waals surface area (Å²) in [6.07, 6.45) is -0.589. The van der Waals surface area contributed by atoms with Gasteiger partial charge in [-0.1, -0.05) is 12.1 Å². The van der Waals surface area contributed by atoms with Crippen LogP contribution >= 0.6 is 0 Å². The van der Waals surface area contributed by atoms with E-state index in [1.165, 1.54) is 24.3 Å². The summed E-state index contributed by atoms with van der Waals surface area (Å²) >= 11 is 0. The SMILES string of the molecule is N[C@@H](CC(=O)O)C(=O)Oc1ccccc1C(=O)O. The summed E-state index contributed by atoms with van der Waals surface area (Å²) in [5.41, 5.74) is 5.09. The van der Waals surface area contributed by atoms with Crippen molar-refractivity contribution in [3.05, 3.63) is 29.8 Å². The molecule has 0 radical (unpaired) electrons. The van der Waals surface area contributed by atoms with Crippen LogP contribution in [-0.4, -0.2) is 34.2 Å².